The van der Waals surface area contributed by atoms with Crippen LogP contribution < -0.4 is 5.32 Å². The average Bonchev–Trinajstić information content (AvgIpc) is 2.41. The number of likely N-dealkylation sites (N-methyl/N-ethyl adjacent to an activating group) is 1. The van der Waals surface area contributed by atoms with Gasteiger partial charge in [0.25, 0.3) is 0 Å². The van der Waals surface area contributed by atoms with Gasteiger partial charge in [0.2, 0.25) is 5.91 Å². The molecule has 21 heavy (non-hydrogen) atoms. The highest BCUT2D eigenvalue weighted by Crippen LogP contribution is 2.17. The van der Waals surface area contributed by atoms with Crippen molar-refractivity contribution in [1.82, 2.24) is 4.90 Å². The van der Waals surface area contributed by atoms with Crippen molar-refractivity contribution in [2.75, 3.05) is 18.9 Å². The van der Waals surface area contributed by atoms with Crippen molar-refractivity contribution in [3.05, 3.63) is 62.7 Å². The lowest BCUT2D eigenvalue weighted by Gasteiger charge is -2.17. The smallest absolute Gasteiger partial charge is 0.238 e. The number of para-hydroxylation sites is 1. The van der Waals surface area contributed by atoms with Crippen molar-refractivity contribution in [3.63, 3.8) is 0 Å². The molecule has 0 fully saturated rings. The molecule has 5 heteroatoms. The highest BCUT2D eigenvalue weighted by atomic mass is 127. The number of carbonyl (C=O) groups excluding carboxylic acids is 1. The Hall–Kier alpha value is -1.11. The summed E-state index contributed by atoms with van der Waals surface area (Å²) in [7, 11) is 1.91. The molecular formula is C16H16ClIN2O. The van der Waals surface area contributed by atoms with Crippen LogP contribution in [0.4, 0.5) is 5.69 Å². The first-order chi connectivity index (χ1) is 10.0. The Balaban J connectivity index is 1.89. The zero-order valence-corrected chi connectivity index (χ0v) is 14.6. The Morgan fingerprint density at radius 2 is 2.00 bits per heavy atom. The maximum absolute atomic E-state index is 12.1. The summed E-state index contributed by atoms with van der Waals surface area (Å²) < 4.78 is 1.03. The molecule has 110 valence electrons. The number of nitrogens with one attached hydrogen (secondary N) is 1. The number of amides is 1. The Morgan fingerprint density at radius 3 is 2.71 bits per heavy atom. The molecule has 1 N–H and O–H groups in total. The van der Waals surface area contributed by atoms with Gasteiger partial charge >= 0.3 is 0 Å². The second-order valence-corrected chi connectivity index (χ2v) is 6.43. The molecule has 0 spiro atoms. The molecule has 0 aliphatic heterocycles. The summed E-state index contributed by atoms with van der Waals surface area (Å²) in [5, 5.41) is 3.64. The van der Waals surface area contributed by atoms with Crippen molar-refractivity contribution in [1.29, 1.82) is 0 Å². The van der Waals surface area contributed by atoms with Gasteiger partial charge in [-0.25, -0.2) is 0 Å². The number of hydrogen-bond acceptors (Lipinski definition) is 2. The van der Waals surface area contributed by atoms with Gasteiger partial charge in [-0.2, -0.15) is 0 Å². The van der Waals surface area contributed by atoms with Crippen molar-refractivity contribution in [2.45, 2.75) is 6.54 Å². The Bertz CT molecular complexity index is 633. The molecule has 0 aliphatic rings. The van der Waals surface area contributed by atoms with Gasteiger partial charge < -0.3 is 5.32 Å². The largest absolute Gasteiger partial charge is 0.324 e. The van der Waals surface area contributed by atoms with Crippen LogP contribution in [0.5, 0.6) is 0 Å². The monoisotopic (exact) mass is 414 g/mol. The fourth-order valence-electron chi connectivity index (χ4n) is 2.00. The van der Waals surface area contributed by atoms with Gasteiger partial charge in [0.1, 0.15) is 0 Å². The molecule has 0 atom stereocenters. The summed E-state index contributed by atoms with van der Waals surface area (Å²) in [6.45, 7) is 1.01. The van der Waals surface area contributed by atoms with Crippen molar-refractivity contribution >= 4 is 45.8 Å². The van der Waals surface area contributed by atoms with Gasteiger partial charge in [0.15, 0.2) is 0 Å². The van der Waals surface area contributed by atoms with E-state index in [0.717, 1.165) is 14.8 Å². The van der Waals surface area contributed by atoms with E-state index in [4.69, 9.17) is 11.6 Å². The molecule has 0 aliphatic carbocycles. The number of benzene rings is 2. The van der Waals surface area contributed by atoms with Crippen LogP contribution in [0.25, 0.3) is 0 Å². The number of hydrogen-bond donors (Lipinski definition) is 1. The van der Waals surface area contributed by atoms with E-state index >= 15 is 0 Å². The Morgan fingerprint density at radius 1 is 1.24 bits per heavy atom. The number of nitrogens with zero attached hydrogens (tertiary/aromatic N) is 1. The third kappa shape index (κ3) is 5.30. The van der Waals surface area contributed by atoms with Crippen LogP contribution in [0.3, 0.4) is 0 Å². The Kier molecular flexibility index (Phi) is 6.02. The summed E-state index contributed by atoms with van der Waals surface area (Å²) in [4.78, 5) is 14.0. The maximum atomic E-state index is 12.1. The van der Waals surface area contributed by atoms with E-state index in [-0.39, 0.29) is 5.91 Å². The summed E-state index contributed by atoms with van der Waals surface area (Å²) in [6.07, 6.45) is 0. The summed E-state index contributed by atoms with van der Waals surface area (Å²) in [5.41, 5.74) is 1.94. The van der Waals surface area contributed by atoms with Crippen LogP contribution in [0.2, 0.25) is 5.02 Å². The molecule has 1 amide bonds. The van der Waals surface area contributed by atoms with E-state index in [0.29, 0.717) is 18.1 Å². The lowest BCUT2D eigenvalue weighted by Crippen LogP contribution is -2.30. The van der Waals surface area contributed by atoms with Crippen LogP contribution in [-0.2, 0) is 11.3 Å². The van der Waals surface area contributed by atoms with Crippen molar-refractivity contribution < 1.29 is 4.79 Å². The van der Waals surface area contributed by atoms with E-state index in [1.165, 1.54) is 0 Å². The summed E-state index contributed by atoms with van der Waals surface area (Å²) in [6, 6.07) is 15.4. The van der Waals surface area contributed by atoms with Crippen molar-refractivity contribution in [3.8, 4) is 0 Å². The van der Waals surface area contributed by atoms with E-state index in [2.05, 4.69) is 27.9 Å². The first-order valence-electron chi connectivity index (χ1n) is 6.52. The summed E-state index contributed by atoms with van der Waals surface area (Å²) >= 11 is 8.17. The molecule has 0 saturated carbocycles. The van der Waals surface area contributed by atoms with Crippen LogP contribution in [0.15, 0.2) is 48.5 Å². The second-order valence-electron chi connectivity index (χ2n) is 4.83. The molecule has 0 bridgehead atoms. The van der Waals surface area contributed by atoms with Gasteiger partial charge in [-0.05, 0) is 59.5 Å². The number of carbonyl (C=O) groups is 1. The lowest BCUT2D eigenvalue weighted by molar-refractivity contribution is -0.117. The third-order valence-electron chi connectivity index (χ3n) is 2.90. The molecule has 0 saturated heterocycles. The third-order valence-corrected chi connectivity index (χ3v) is 4.08. The van der Waals surface area contributed by atoms with Crippen LogP contribution in [-0.4, -0.2) is 24.4 Å². The first-order valence-corrected chi connectivity index (χ1v) is 7.97. The number of rotatable bonds is 5. The van der Waals surface area contributed by atoms with E-state index in [9.17, 15) is 4.79 Å². The molecule has 2 aromatic rings. The molecule has 3 nitrogen and oxygen atoms in total. The first kappa shape index (κ1) is 16.3. The summed E-state index contributed by atoms with van der Waals surface area (Å²) in [5.74, 6) is -0.0244. The standard InChI is InChI=1S/C16H16ClIN2O/c1-20(10-12-5-4-6-13(17)9-12)11-16(21)19-15-8-3-2-7-14(15)18/h2-9H,10-11H2,1H3,(H,19,21). The van der Waals surface area contributed by atoms with Crippen molar-refractivity contribution in [2.24, 2.45) is 0 Å². The van der Waals surface area contributed by atoms with Gasteiger partial charge in [0, 0.05) is 15.1 Å². The second kappa shape index (κ2) is 7.77. The SMILES string of the molecule is CN(CC(=O)Nc1ccccc1I)Cc1cccc(Cl)c1. The number of halogens is 2. The molecule has 2 rings (SSSR count). The van der Waals surface area contributed by atoms with Crippen LogP contribution in [0, 0.1) is 3.57 Å². The lowest BCUT2D eigenvalue weighted by atomic mass is 10.2. The highest BCUT2D eigenvalue weighted by Gasteiger charge is 2.09. The van der Waals surface area contributed by atoms with E-state index < -0.39 is 0 Å². The normalized spacial score (nSPS) is 10.7. The van der Waals surface area contributed by atoms with Crippen LogP contribution >= 0.6 is 34.2 Å². The van der Waals surface area contributed by atoms with Crippen LogP contribution in [0.1, 0.15) is 5.56 Å². The molecular weight excluding hydrogens is 399 g/mol. The van der Waals surface area contributed by atoms with Gasteiger partial charge in [-0.3, -0.25) is 9.69 Å². The molecule has 2 aromatic carbocycles. The predicted octanol–water partition coefficient (Wildman–Crippen LogP) is 4.02. The minimum absolute atomic E-state index is 0.0244. The minimum atomic E-state index is -0.0244. The highest BCUT2D eigenvalue weighted by molar-refractivity contribution is 14.1. The molecule has 0 unspecified atom stereocenters. The van der Waals surface area contributed by atoms with Gasteiger partial charge in [0.05, 0.1) is 12.2 Å². The fraction of sp³-hybridized carbons (Fsp3) is 0.188. The van der Waals surface area contributed by atoms with Gasteiger partial charge in [-0.1, -0.05) is 35.9 Å². The average molecular weight is 415 g/mol. The molecule has 0 aromatic heterocycles. The van der Waals surface area contributed by atoms with Gasteiger partial charge in [-0.15, -0.1) is 0 Å². The molecule has 0 heterocycles. The zero-order chi connectivity index (χ0) is 15.2. The predicted molar refractivity (Wildman–Crippen MR) is 95.6 cm³/mol. The fourth-order valence-corrected chi connectivity index (χ4v) is 2.74. The van der Waals surface area contributed by atoms with E-state index in [1.807, 2.05) is 60.5 Å². The topological polar surface area (TPSA) is 32.3 Å². The molecule has 0 radical (unpaired) electrons. The van der Waals surface area contributed by atoms with E-state index in [1.54, 1.807) is 0 Å². The number of anilines is 1. The quantitative estimate of drug-likeness (QED) is 0.750. The maximum Gasteiger partial charge on any atom is 0.238 e. The zero-order valence-electron chi connectivity index (χ0n) is 11.6. The Labute approximate surface area is 143 Å². The minimum Gasteiger partial charge on any atom is -0.324 e.